The number of rotatable bonds is 5. The molecule has 0 aliphatic carbocycles. The third-order valence-corrected chi connectivity index (χ3v) is 3.40. The maximum absolute atomic E-state index is 11.9. The highest BCUT2D eigenvalue weighted by atomic mass is 35.5. The summed E-state index contributed by atoms with van der Waals surface area (Å²) in [5, 5.41) is 6.14. The van der Waals surface area contributed by atoms with Crippen LogP contribution in [0.25, 0.3) is 0 Å². The smallest absolute Gasteiger partial charge is 0.238 e. The van der Waals surface area contributed by atoms with Crippen LogP contribution >= 0.6 is 12.4 Å². The zero-order valence-electron chi connectivity index (χ0n) is 11.9. The van der Waals surface area contributed by atoms with Crippen LogP contribution in [0.3, 0.4) is 0 Å². The molecule has 1 heterocycles. The molecule has 0 bridgehead atoms. The lowest BCUT2D eigenvalue weighted by Crippen LogP contribution is -2.34. The minimum absolute atomic E-state index is 0. The minimum atomic E-state index is 0. The highest BCUT2D eigenvalue weighted by molar-refractivity contribution is 5.92. The van der Waals surface area contributed by atoms with Gasteiger partial charge in [0, 0.05) is 30.9 Å². The third-order valence-electron chi connectivity index (χ3n) is 3.40. The highest BCUT2D eigenvalue weighted by Crippen LogP contribution is 2.17. The van der Waals surface area contributed by atoms with E-state index in [1.165, 1.54) is 0 Å². The van der Waals surface area contributed by atoms with Crippen LogP contribution in [0.2, 0.25) is 0 Å². The first-order valence-electron chi connectivity index (χ1n) is 6.55. The van der Waals surface area contributed by atoms with Gasteiger partial charge in [0.2, 0.25) is 5.91 Å². The van der Waals surface area contributed by atoms with Crippen LogP contribution in [0, 0.1) is 0 Å². The Kier molecular flexibility index (Phi) is 6.78. The molecule has 5 nitrogen and oxygen atoms in total. The summed E-state index contributed by atoms with van der Waals surface area (Å²) < 4.78 is 5.13. The Morgan fingerprint density at radius 3 is 2.95 bits per heavy atom. The van der Waals surface area contributed by atoms with Gasteiger partial charge in [-0.05, 0) is 25.6 Å². The molecule has 0 saturated carbocycles. The van der Waals surface area contributed by atoms with Gasteiger partial charge >= 0.3 is 0 Å². The summed E-state index contributed by atoms with van der Waals surface area (Å²) in [6.45, 7) is 2.34. The van der Waals surface area contributed by atoms with Crippen LogP contribution in [0.5, 0.6) is 5.75 Å². The number of ether oxygens (including phenoxy) is 1. The molecule has 6 heteroatoms. The van der Waals surface area contributed by atoms with E-state index < -0.39 is 0 Å². The molecule has 1 aliphatic heterocycles. The average Bonchev–Trinajstić information content (AvgIpc) is 2.86. The topological polar surface area (TPSA) is 53.6 Å². The molecule has 0 spiro atoms. The summed E-state index contributed by atoms with van der Waals surface area (Å²) in [5.74, 6) is 0.763. The molecule has 0 aromatic heterocycles. The van der Waals surface area contributed by atoms with Crippen molar-refractivity contribution < 1.29 is 9.53 Å². The van der Waals surface area contributed by atoms with Crippen molar-refractivity contribution in [3.63, 3.8) is 0 Å². The van der Waals surface area contributed by atoms with Gasteiger partial charge < -0.3 is 15.4 Å². The fourth-order valence-corrected chi connectivity index (χ4v) is 2.32. The lowest BCUT2D eigenvalue weighted by atomic mass is 10.3. The van der Waals surface area contributed by atoms with Crippen LogP contribution in [-0.2, 0) is 4.79 Å². The largest absolute Gasteiger partial charge is 0.497 e. The predicted molar refractivity (Wildman–Crippen MR) is 82.8 cm³/mol. The van der Waals surface area contributed by atoms with E-state index in [0.717, 1.165) is 30.9 Å². The Morgan fingerprint density at radius 1 is 1.50 bits per heavy atom. The maximum atomic E-state index is 11.9. The molecule has 1 unspecified atom stereocenters. The Bertz CT molecular complexity index is 442. The second-order valence-electron chi connectivity index (χ2n) is 4.79. The minimum Gasteiger partial charge on any atom is -0.497 e. The maximum Gasteiger partial charge on any atom is 0.238 e. The molecular formula is C14H22ClN3O2. The normalized spacial score (nSPS) is 18.4. The number of anilines is 1. The van der Waals surface area contributed by atoms with Gasteiger partial charge in [-0.2, -0.15) is 0 Å². The van der Waals surface area contributed by atoms with E-state index in [0.29, 0.717) is 12.6 Å². The van der Waals surface area contributed by atoms with Gasteiger partial charge in [-0.25, -0.2) is 0 Å². The first-order chi connectivity index (χ1) is 9.21. The first-order valence-corrected chi connectivity index (χ1v) is 6.55. The molecule has 2 rings (SSSR count). The second kappa shape index (κ2) is 8.09. The predicted octanol–water partition coefficient (Wildman–Crippen LogP) is 1.35. The number of nitrogens with zero attached hydrogens (tertiary/aromatic N) is 1. The van der Waals surface area contributed by atoms with Crippen LogP contribution in [0.4, 0.5) is 5.69 Å². The quantitative estimate of drug-likeness (QED) is 0.862. The van der Waals surface area contributed by atoms with Gasteiger partial charge in [0.25, 0.3) is 0 Å². The Hall–Kier alpha value is -1.30. The van der Waals surface area contributed by atoms with E-state index in [-0.39, 0.29) is 18.3 Å². The standard InChI is InChI=1S/C14H21N3O2.ClH/c1-15-12-6-7-17(9-12)10-14(18)16-11-4-3-5-13(8-11)19-2;/h3-5,8,12,15H,6-7,9-10H2,1-2H3,(H,16,18);1H. The lowest BCUT2D eigenvalue weighted by molar-refractivity contribution is -0.117. The van der Waals surface area contributed by atoms with E-state index in [9.17, 15) is 4.79 Å². The summed E-state index contributed by atoms with van der Waals surface area (Å²) in [6.07, 6.45) is 1.10. The van der Waals surface area contributed by atoms with Crippen molar-refractivity contribution in [1.82, 2.24) is 10.2 Å². The lowest BCUT2D eigenvalue weighted by Gasteiger charge is -2.15. The summed E-state index contributed by atoms with van der Waals surface area (Å²) in [5.41, 5.74) is 0.772. The number of carbonyl (C=O) groups is 1. The fourth-order valence-electron chi connectivity index (χ4n) is 2.32. The number of methoxy groups -OCH3 is 1. The molecule has 1 atom stereocenters. The molecule has 1 fully saturated rings. The zero-order valence-corrected chi connectivity index (χ0v) is 12.7. The van der Waals surface area contributed by atoms with E-state index in [2.05, 4.69) is 15.5 Å². The number of nitrogens with one attached hydrogen (secondary N) is 2. The number of hydrogen-bond donors (Lipinski definition) is 2. The summed E-state index contributed by atoms with van der Waals surface area (Å²) in [4.78, 5) is 14.1. The van der Waals surface area contributed by atoms with Crippen molar-refractivity contribution in [2.45, 2.75) is 12.5 Å². The van der Waals surface area contributed by atoms with Crippen molar-refractivity contribution in [2.75, 3.05) is 39.1 Å². The number of benzene rings is 1. The molecule has 1 aromatic carbocycles. The van der Waals surface area contributed by atoms with Crippen LogP contribution < -0.4 is 15.4 Å². The van der Waals surface area contributed by atoms with Gasteiger partial charge in [0.1, 0.15) is 5.75 Å². The fraction of sp³-hybridized carbons (Fsp3) is 0.500. The van der Waals surface area contributed by atoms with Crippen LogP contribution in [0.1, 0.15) is 6.42 Å². The monoisotopic (exact) mass is 299 g/mol. The molecular weight excluding hydrogens is 278 g/mol. The number of carbonyl (C=O) groups excluding carboxylic acids is 1. The molecule has 2 N–H and O–H groups in total. The van der Waals surface area contributed by atoms with Crippen molar-refractivity contribution in [2.24, 2.45) is 0 Å². The third kappa shape index (κ3) is 4.67. The Morgan fingerprint density at radius 2 is 2.30 bits per heavy atom. The summed E-state index contributed by atoms with van der Waals surface area (Å²) >= 11 is 0. The number of hydrogen-bond acceptors (Lipinski definition) is 4. The molecule has 1 saturated heterocycles. The summed E-state index contributed by atoms with van der Waals surface area (Å²) in [7, 11) is 3.58. The van der Waals surface area contributed by atoms with Gasteiger partial charge in [-0.3, -0.25) is 9.69 Å². The first kappa shape index (κ1) is 16.8. The molecule has 112 valence electrons. The van der Waals surface area contributed by atoms with E-state index in [4.69, 9.17) is 4.74 Å². The van der Waals surface area contributed by atoms with E-state index in [1.807, 2.05) is 31.3 Å². The van der Waals surface area contributed by atoms with E-state index >= 15 is 0 Å². The van der Waals surface area contributed by atoms with E-state index in [1.54, 1.807) is 7.11 Å². The van der Waals surface area contributed by atoms with Crippen LogP contribution in [0.15, 0.2) is 24.3 Å². The van der Waals surface area contributed by atoms with Crippen molar-refractivity contribution in [3.8, 4) is 5.75 Å². The van der Waals surface area contributed by atoms with Gasteiger partial charge in [0.15, 0.2) is 0 Å². The number of halogens is 1. The van der Waals surface area contributed by atoms with Gasteiger partial charge in [0.05, 0.1) is 13.7 Å². The molecule has 1 amide bonds. The van der Waals surface area contributed by atoms with Crippen LogP contribution in [-0.4, -0.2) is 50.6 Å². The average molecular weight is 300 g/mol. The Balaban J connectivity index is 0.00000200. The second-order valence-corrected chi connectivity index (χ2v) is 4.79. The van der Waals surface area contributed by atoms with Gasteiger partial charge in [-0.15, -0.1) is 12.4 Å². The van der Waals surface area contributed by atoms with Crippen molar-refractivity contribution >= 4 is 24.0 Å². The zero-order chi connectivity index (χ0) is 13.7. The summed E-state index contributed by atoms with van der Waals surface area (Å²) in [6, 6.07) is 7.90. The molecule has 1 aliphatic rings. The molecule has 0 radical (unpaired) electrons. The SMILES string of the molecule is CNC1CCN(CC(=O)Nc2cccc(OC)c2)C1.Cl. The molecule has 1 aromatic rings. The number of likely N-dealkylation sites (tertiary alicyclic amines) is 1. The number of amides is 1. The number of likely N-dealkylation sites (N-methyl/N-ethyl adjacent to an activating group) is 1. The Labute approximate surface area is 126 Å². The van der Waals surface area contributed by atoms with Crippen molar-refractivity contribution in [1.29, 1.82) is 0 Å². The van der Waals surface area contributed by atoms with Crippen molar-refractivity contribution in [3.05, 3.63) is 24.3 Å². The highest BCUT2D eigenvalue weighted by Gasteiger charge is 2.22. The molecule has 20 heavy (non-hydrogen) atoms. The van der Waals surface area contributed by atoms with Gasteiger partial charge in [-0.1, -0.05) is 6.07 Å².